The fraction of sp³-hybridized carbons (Fsp3) is 0.500. The van der Waals surface area contributed by atoms with E-state index in [0.29, 0.717) is 6.04 Å². The number of fused-ring (bicyclic) bond motifs is 1. The quantitative estimate of drug-likeness (QED) is 0.760. The first-order chi connectivity index (χ1) is 6.72. The standard InChI is InChI=1S/C12H17NS/c1-8-4-5-11-10(6-8)12(13-3)9(2)7-14-11/h4-6,9,12-13H,7H2,1-3H3. The second-order valence-electron chi connectivity index (χ2n) is 4.10. The Morgan fingerprint density at radius 1 is 1.43 bits per heavy atom. The van der Waals surface area contributed by atoms with E-state index in [1.165, 1.54) is 21.8 Å². The number of benzene rings is 1. The maximum Gasteiger partial charge on any atom is 0.0362 e. The van der Waals surface area contributed by atoms with E-state index >= 15 is 0 Å². The molecule has 2 unspecified atom stereocenters. The molecule has 1 nitrogen and oxygen atoms in total. The van der Waals surface area contributed by atoms with Crippen LogP contribution in [0.2, 0.25) is 0 Å². The summed E-state index contributed by atoms with van der Waals surface area (Å²) in [6.07, 6.45) is 0. The molecule has 2 heteroatoms. The number of hydrogen-bond acceptors (Lipinski definition) is 2. The SMILES string of the molecule is CNC1c2cc(C)ccc2SCC1C. The van der Waals surface area contributed by atoms with E-state index in [1.54, 1.807) is 0 Å². The average Bonchev–Trinajstić information content (AvgIpc) is 2.17. The maximum atomic E-state index is 3.42. The summed E-state index contributed by atoms with van der Waals surface area (Å²) in [5.74, 6) is 1.95. The predicted octanol–water partition coefficient (Wildman–Crippen LogP) is 3.00. The van der Waals surface area contributed by atoms with Crippen LogP contribution in [0.1, 0.15) is 24.1 Å². The number of aryl methyl sites for hydroxylation is 1. The maximum absolute atomic E-state index is 3.42. The molecule has 0 aromatic heterocycles. The molecule has 1 aliphatic heterocycles. The van der Waals surface area contributed by atoms with Crippen molar-refractivity contribution in [2.45, 2.75) is 24.8 Å². The number of nitrogens with one attached hydrogen (secondary N) is 1. The molecule has 1 aromatic carbocycles. The molecule has 0 aliphatic carbocycles. The first kappa shape index (κ1) is 10.1. The molecule has 1 N–H and O–H groups in total. The van der Waals surface area contributed by atoms with Gasteiger partial charge >= 0.3 is 0 Å². The highest BCUT2D eigenvalue weighted by Gasteiger charge is 2.25. The molecule has 1 aliphatic rings. The van der Waals surface area contributed by atoms with Crippen LogP contribution in [0.15, 0.2) is 23.1 Å². The van der Waals surface area contributed by atoms with Crippen molar-refractivity contribution in [2.75, 3.05) is 12.8 Å². The molecule has 2 rings (SSSR count). The van der Waals surface area contributed by atoms with Gasteiger partial charge in [0.2, 0.25) is 0 Å². The van der Waals surface area contributed by atoms with Crippen molar-refractivity contribution in [3.8, 4) is 0 Å². The summed E-state index contributed by atoms with van der Waals surface area (Å²) in [6, 6.07) is 7.31. The fourth-order valence-corrected chi connectivity index (χ4v) is 3.26. The molecule has 0 radical (unpaired) electrons. The molecule has 1 heterocycles. The Balaban J connectivity index is 2.43. The third kappa shape index (κ3) is 1.69. The van der Waals surface area contributed by atoms with Crippen molar-refractivity contribution in [1.82, 2.24) is 5.32 Å². The molecule has 0 spiro atoms. The van der Waals surface area contributed by atoms with Crippen LogP contribution in [0.3, 0.4) is 0 Å². The van der Waals surface area contributed by atoms with Crippen LogP contribution in [0.4, 0.5) is 0 Å². The Bertz CT molecular complexity index is 335. The minimum Gasteiger partial charge on any atom is -0.313 e. The van der Waals surface area contributed by atoms with Crippen molar-refractivity contribution in [2.24, 2.45) is 5.92 Å². The average molecular weight is 207 g/mol. The van der Waals surface area contributed by atoms with E-state index in [4.69, 9.17) is 0 Å². The van der Waals surface area contributed by atoms with Gasteiger partial charge in [-0.15, -0.1) is 11.8 Å². The minimum absolute atomic E-state index is 0.533. The van der Waals surface area contributed by atoms with E-state index in [2.05, 4.69) is 44.4 Å². The van der Waals surface area contributed by atoms with Crippen LogP contribution < -0.4 is 5.32 Å². The van der Waals surface area contributed by atoms with Gasteiger partial charge in [0, 0.05) is 16.7 Å². The highest BCUT2D eigenvalue weighted by Crippen LogP contribution is 2.39. The lowest BCUT2D eigenvalue weighted by Crippen LogP contribution is -2.28. The Morgan fingerprint density at radius 3 is 2.93 bits per heavy atom. The molecule has 0 amide bonds. The zero-order valence-electron chi connectivity index (χ0n) is 9.00. The van der Waals surface area contributed by atoms with Crippen LogP contribution >= 0.6 is 11.8 Å². The Kier molecular flexibility index (Phi) is 2.84. The van der Waals surface area contributed by atoms with E-state index in [1.807, 2.05) is 11.8 Å². The van der Waals surface area contributed by atoms with E-state index < -0.39 is 0 Å². The van der Waals surface area contributed by atoms with Gasteiger partial charge in [-0.25, -0.2) is 0 Å². The van der Waals surface area contributed by atoms with Gasteiger partial charge < -0.3 is 5.32 Å². The lowest BCUT2D eigenvalue weighted by Gasteiger charge is -2.30. The molecular formula is C12H17NS. The van der Waals surface area contributed by atoms with E-state index in [0.717, 1.165) is 5.92 Å². The molecule has 0 bridgehead atoms. The zero-order valence-corrected chi connectivity index (χ0v) is 9.82. The van der Waals surface area contributed by atoms with Gasteiger partial charge in [-0.2, -0.15) is 0 Å². The van der Waals surface area contributed by atoms with Crippen molar-refractivity contribution in [1.29, 1.82) is 0 Å². The van der Waals surface area contributed by atoms with Crippen LogP contribution in [0.25, 0.3) is 0 Å². The number of rotatable bonds is 1. The molecule has 0 fully saturated rings. The first-order valence-electron chi connectivity index (χ1n) is 5.13. The van der Waals surface area contributed by atoms with Crippen molar-refractivity contribution in [3.05, 3.63) is 29.3 Å². The summed E-state index contributed by atoms with van der Waals surface area (Å²) in [7, 11) is 2.06. The second-order valence-corrected chi connectivity index (χ2v) is 5.16. The summed E-state index contributed by atoms with van der Waals surface area (Å²) in [5, 5.41) is 3.42. The van der Waals surface area contributed by atoms with Gasteiger partial charge in [0.25, 0.3) is 0 Å². The zero-order chi connectivity index (χ0) is 10.1. The Labute approximate surface area is 90.3 Å². The molecule has 0 saturated carbocycles. The van der Waals surface area contributed by atoms with Gasteiger partial charge in [0.05, 0.1) is 0 Å². The highest BCUT2D eigenvalue weighted by molar-refractivity contribution is 7.99. The number of thioether (sulfide) groups is 1. The Hall–Kier alpha value is -0.470. The summed E-state index contributed by atoms with van der Waals surface area (Å²) < 4.78 is 0. The van der Waals surface area contributed by atoms with Crippen molar-refractivity contribution in [3.63, 3.8) is 0 Å². The molecular weight excluding hydrogens is 190 g/mol. The molecule has 76 valence electrons. The van der Waals surface area contributed by atoms with Crippen LogP contribution in [-0.4, -0.2) is 12.8 Å². The van der Waals surface area contributed by atoms with Crippen molar-refractivity contribution >= 4 is 11.8 Å². The lowest BCUT2D eigenvalue weighted by atomic mass is 9.94. The predicted molar refractivity (Wildman–Crippen MR) is 62.9 cm³/mol. The second kappa shape index (κ2) is 3.95. The summed E-state index contributed by atoms with van der Waals surface area (Å²) in [5.41, 5.74) is 2.84. The fourth-order valence-electron chi connectivity index (χ4n) is 2.11. The third-order valence-electron chi connectivity index (χ3n) is 2.88. The van der Waals surface area contributed by atoms with Gasteiger partial charge in [0.15, 0.2) is 0 Å². The van der Waals surface area contributed by atoms with Crippen LogP contribution in [0.5, 0.6) is 0 Å². The van der Waals surface area contributed by atoms with Crippen LogP contribution in [0, 0.1) is 12.8 Å². The van der Waals surface area contributed by atoms with E-state index in [-0.39, 0.29) is 0 Å². The summed E-state index contributed by atoms with van der Waals surface area (Å²) >= 11 is 1.98. The molecule has 0 saturated heterocycles. The first-order valence-corrected chi connectivity index (χ1v) is 6.11. The largest absolute Gasteiger partial charge is 0.313 e. The van der Waals surface area contributed by atoms with Gasteiger partial charge in [-0.05, 0) is 31.5 Å². The van der Waals surface area contributed by atoms with Gasteiger partial charge in [-0.1, -0.05) is 24.6 Å². The van der Waals surface area contributed by atoms with Gasteiger partial charge in [-0.3, -0.25) is 0 Å². The monoisotopic (exact) mass is 207 g/mol. The summed E-state index contributed by atoms with van der Waals surface area (Å²) in [4.78, 5) is 1.45. The highest BCUT2D eigenvalue weighted by atomic mass is 32.2. The van der Waals surface area contributed by atoms with Crippen molar-refractivity contribution < 1.29 is 0 Å². The normalized spacial score (nSPS) is 25.9. The molecule has 2 atom stereocenters. The molecule has 1 aromatic rings. The Morgan fingerprint density at radius 2 is 2.21 bits per heavy atom. The summed E-state index contributed by atoms with van der Waals surface area (Å²) in [6.45, 7) is 4.48. The smallest absolute Gasteiger partial charge is 0.0362 e. The minimum atomic E-state index is 0.533. The number of hydrogen-bond donors (Lipinski definition) is 1. The topological polar surface area (TPSA) is 12.0 Å². The molecule has 14 heavy (non-hydrogen) atoms. The lowest BCUT2D eigenvalue weighted by molar-refractivity contribution is 0.437. The van der Waals surface area contributed by atoms with E-state index in [9.17, 15) is 0 Å². The third-order valence-corrected chi connectivity index (χ3v) is 4.26. The van der Waals surface area contributed by atoms with Crippen LogP contribution in [-0.2, 0) is 0 Å². The van der Waals surface area contributed by atoms with Gasteiger partial charge in [0.1, 0.15) is 0 Å².